The van der Waals surface area contributed by atoms with Crippen LogP contribution in [0.25, 0.3) is 6.08 Å². The van der Waals surface area contributed by atoms with E-state index in [4.69, 9.17) is 0 Å². The fourth-order valence-corrected chi connectivity index (χ4v) is 3.67. The van der Waals surface area contributed by atoms with Crippen LogP contribution in [-0.2, 0) is 5.41 Å². The summed E-state index contributed by atoms with van der Waals surface area (Å²) in [6, 6.07) is 6.67. The van der Waals surface area contributed by atoms with Crippen molar-refractivity contribution in [1.82, 2.24) is 4.90 Å². The van der Waals surface area contributed by atoms with Gasteiger partial charge in [-0.25, -0.2) is 0 Å². The largest absolute Gasteiger partial charge is 0.357 e. The molecule has 0 saturated heterocycles. The van der Waals surface area contributed by atoms with Crippen molar-refractivity contribution in [3.05, 3.63) is 47.3 Å². The first kappa shape index (κ1) is 9.34. The molecule has 1 aromatic carbocycles. The average Bonchev–Trinajstić information content (AvgIpc) is 2.75. The number of benzene rings is 1. The highest BCUT2D eigenvalue weighted by atomic mass is 15.4. The number of allylic oxidation sites excluding steroid dienone is 1. The van der Waals surface area contributed by atoms with Gasteiger partial charge in [0.1, 0.15) is 6.17 Å². The molecule has 0 bridgehead atoms. The second kappa shape index (κ2) is 2.58. The summed E-state index contributed by atoms with van der Waals surface area (Å²) >= 11 is 0. The predicted molar refractivity (Wildman–Crippen MR) is 70.6 cm³/mol. The van der Waals surface area contributed by atoms with Crippen LogP contribution < -0.4 is 4.90 Å². The van der Waals surface area contributed by atoms with Crippen LogP contribution in [0.15, 0.2) is 36.2 Å². The third kappa shape index (κ3) is 0.890. The maximum absolute atomic E-state index is 2.49. The number of rotatable bonds is 0. The molecule has 0 N–H and O–H groups in total. The quantitative estimate of drug-likeness (QED) is 0.668. The van der Waals surface area contributed by atoms with Crippen molar-refractivity contribution in [1.29, 1.82) is 0 Å². The van der Waals surface area contributed by atoms with Gasteiger partial charge in [0.2, 0.25) is 0 Å². The van der Waals surface area contributed by atoms with Gasteiger partial charge < -0.3 is 9.80 Å². The Morgan fingerprint density at radius 3 is 2.82 bits per heavy atom. The fraction of sp³-hybridized carbons (Fsp3) is 0.333. The van der Waals surface area contributed by atoms with E-state index in [9.17, 15) is 0 Å². The molecule has 3 heterocycles. The summed E-state index contributed by atoms with van der Waals surface area (Å²) in [4.78, 5) is 4.83. The number of hydrogen-bond acceptors (Lipinski definition) is 2. The molecule has 1 aromatic rings. The van der Waals surface area contributed by atoms with Gasteiger partial charge in [-0.2, -0.15) is 0 Å². The van der Waals surface area contributed by atoms with Crippen molar-refractivity contribution in [2.75, 3.05) is 11.9 Å². The van der Waals surface area contributed by atoms with Crippen molar-refractivity contribution in [3.63, 3.8) is 0 Å². The van der Waals surface area contributed by atoms with E-state index in [1.165, 1.54) is 22.5 Å². The molecule has 0 aliphatic carbocycles. The molecule has 3 aliphatic rings. The molecule has 0 radical (unpaired) electrons. The minimum Gasteiger partial charge on any atom is -0.357 e. The van der Waals surface area contributed by atoms with Gasteiger partial charge in [0.25, 0.3) is 0 Å². The second-order valence-electron chi connectivity index (χ2n) is 5.76. The molecule has 0 fully saturated rings. The summed E-state index contributed by atoms with van der Waals surface area (Å²) < 4.78 is 0. The molecule has 1 atom stereocenters. The zero-order valence-corrected chi connectivity index (χ0v) is 10.4. The maximum atomic E-state index is 2.49. The summed E-state index contributed by atoms with van der Waals surface area (Å²) in [6.07, 6.45) is 7.14. The van der Waals surface area contributed by atoms with E-state index in [0.717, 1.165) is 0 Å². The Morgan fingerprint density at radius 2 is 2.00 bits per heavy atom. The van der Waals surface area contributed by atoms with Gasteiger partial charge in [-0.3, -0.25) is 0 Å². The highest BCUT2D eigenvalue weighted by Gasteiger charge is 2.51. The van der Waals surface area contributed by atoms with E-state index in [0.29, 0.717) is 6.17 Å². The van der Waals surface area contributed by atoms with Gasteiger partial charge in [-0.1, -0.05) is 38.1 Å². The number of para-hydroxylation sites is 1. The van der Waals surface area contributed by atoms with Crippen molar-refractivity contribution >= 4 is 11.8 Å². The Bertz CT molecular complexity index is 581. The van der Waals surface area contributed by atoms with Gasteiger partial charge in [-0.15, -0.1) is 0 Å². The summed E-state index contributed by atoms with van der Waals surface area (Å²) in [7, 11) is 2.18. The van der Waals surface area contributed by atoms with E-state index < -0.39 is 0 Å². The van der Waals surface area contributed by atoms with Crippen LogP contribution in [0.4, 0.5) is 5.69 Å². The topological polar surface area (TPSA) is 6.48 Å². The van der Waals surface area contributed by atoms with Crippen LogP contribution in [0.2, 0.25) is 0 Å². The van der Waals surface area contributed by atoms with Crippen LogP contribution in [0.3, 0.4) is 0 Å². The van der Waals surface area contributed by atoms with Crippen molar-refractivity contribution in [2.45, 2.75) is 25.4 Å². The number of hydrogen-bond donors (Lipinski definition) is 0. The molecule has 2 nitrogen and oxygen atoms in total. The Labute approximate surface area is 102 Å². The lowest BCUT2D eigenvalue weighted by Gasteiger charge is -2.35. The standard InChI is InChI=1S/C15H16N2/c1-15(2)12-6-4-5-10-7-8-11-9-16(3)14(15)17(11)13(10)12/h4-9,14H,1-3H3. The third-order valence-corrected chi connectivity index (χ3v) is 4.33. The minimum atomic E-state index is 0.171. The minimum absolute atomic E-state index is 0.171. The molecule has 1 unspecified atom stereocenters. The third-order valence-electron chi connectivity index (χ3n) is 4.33. The molecule has 3 aliphatic heterocycles. The fourth-order valence-electron chi connectivity index (χ4n) is 3.67. The Balaban J connectivity index is 2.10. The molecule has 17 heavy (non-hydrogen) atoms. The molecular weight excluding hydrogens is 208 g/mol. The number of likely N-dealkylation sites (N-methyl/N-ethyl adjacent to an activating group) is 1. The van der Waals surface area contributed by atoms with Crippen LogP contribution in [0.1, 0.15) is 25.0 Å². The average molecular weight is 224 g/mol. The highest BCUT2D eigenvalue weighted by Crippen LogP contribution is 2.53. The molecule has 0 saturated carbocycles. The maximum Gasteiger partial charge on any atom is 0.115 e. The van der Waals surface area contributed by atoms with E-state index in [2.05, 4.69) is 67.2 Å². The first-order chi connectivity index (χ1) is 8.10. The molecule has 86 valence electrons. The predicted octanol–water partition coefficient (Wildman–Crippen LogP) is 2.92. The summed E-state index contributed by atoms with van der Waals surface area (Å²) in [5.74, 6) is 0. The van der Waals surface area contributed by atoms with Gasteiger partial charge >= 0.3 is 0 Å². The number of anilines is 1. The zero-order chi connectivity index (χ0) is 11.8. The summed E-state index contributed by atoms with van der Waals surface area (Å²) in [6.45, 7) is 4.69. The van der Waals surface area contributed by atoms with E-state index in [1.54, 1.807) is 0 Å². The van der Waals surface area contributed by atoms with Crippen LogP contribution in [0, 0.1) is 0 Å². The van der Waals surface area contributed by atoms with Gasteiger partial charge in [-0.05, 0) is 17.2 Å². The molecular formula is C15H16N2. The molecule has 0 spiro atoms. The van der Waals surface area contributed by atoms with Crippen molar-refractivity contribution in [2.24, 2.45) is 0 Å². The van der Waals surface area contributed by atoms with Crippen LogP contribution >= 0.6 is 0 Å². The monoisotopic (exact) mass is 224 g/mol. The van der Waals surface area contributed by atoms with Gasteiger partial charge in [0, 0.05) is 18.7 Å². The first-order valence-electron chi connectivity index (χ1n) is 6.15. The lowest BCUT2D eigenvalue weighted by Crippen LogP contribution is -2.45. The molecule has 0 amide bonds. The highest BCUT2D eigenvalue weighted by molar-refractivity contribution is 5.84. The lowest BCUT2D eigenvalue weighted by atomic mass is 9.83. The van der Waals surface area contributed by atoms with E-state index in [-0.39, 0.29) is 5.41 Å². The Kier molecular flexibility index (Phi) is 1.42. The Morgan fingerprint density at radius 1 is 1.18 bits per heavy atom. The summed E-state index contributed by atoms with van der Waals surface area (Å²) in [5.41, 5.74) is 5.74. The van der Waals surface area contributed by atoms with Crippen molar-refractivity contribution < 1.29 is 0 Å². The van der Waals surface area contributed by atoms with E-state index in [1.807, 2.05) is 0 Å². The SMILES string of the molecule is CN1C=C2C=Cc3cccc4c3N2C1C4(C)C. The van der Waals surface area contributed by atoms with Gasteiger partial charge in [0.15, 0.2) is 0 Å². The summed E-state index contributed by atoms with van der Waals surface area (Å²) in [5, 5.41) is 0. The Hall–Kier alpha value is -1.70. The van der Waals surface area contributed by atoms with E-state index >= 15 is 0 Å². The number of nitrogens with zero attached hydrogens (tertiary/aromatic N) is 2. The molecule has 4 rings (SSSR count). The van der Waals surface area contributed by atoms with Crippen molar-refractivity contribution in [3.8, 4) is 0 Å². The van der Waals surface area contributed by atoms with Gasteiger partial charge in [0.05, 0.1) is 11.4 Å². The van der Waals surface area contributed by atoms with Crippen LogP contribution in [-0.4, -0.2) is 18.1 Å². The smallest absolute Gasteiger partial charge is 0.115 e. The lowest BCUT2D eigenvalue weighted by molar-refractivity contribution is 0.261. The zero-order valence-electron chi connectivity index (χ0n) is 10.4. The first-order valence-corrected chi connectivity index (χ1v) is 6.15. The van der Waals surface area contributed by atoms with Crippen LogP contribution in [0.5, 0.6) is 0 Å². The normalized spacial score (nSPS) is 26.3. The molecule has 2 heteroatoms. The molecule has 0 aromatic heterocycles. The second-order valence-corrected chi connectivity index (χ2v) is 5.76.